The lowest BCUT2D eigenvalue weighted by atomic mass is 9.68. The van der Waals surface area contributed by atoms with Gasteiger partial charge in [-0.1, -0.05) is 0 Å². The van der Waals surface area contributed by atoms with E-state index in [4.69, 9.17) is 4.74 Å². The number of halogens is 1. The quantitative estimate of drug-likeness (QED) is 0.386. The van der Waals surface area contributed by atoms with Crippen molar-refractivity contribution in [1.29, 1.82) is 0 Å². The molecule has 10 heteroatoms. The van der Waals surface area contributed by atoms with Crippen LogP contribution in [0.15, 0.2) is 67.0 Å². The summed E-state index contributed by atoms with van der Waals surface area (Å²) in [6, 6.07) is 14.1. The molecule has 2 aromatic heterocycles. The molecule has 4 heterocycles. The molecule has 6 rings (SSSR count). The number of aliphatic hydroxyl groups is 1. The van der Waals surface area contributed by atoms with Crippen molar-refractivity contribution < 1.29 is 23.8 Å². The Labute approximate surface area is 237 Å². The van der Waals surface area contributed by atoms with E-state index >= 15 is 0 Å². The van der Waals surface area contributed by atoms with Crippen molar-refractivity contribution in [3.63, 3.8) is 0 Å². The van der Waals surface area contributed by atoms with Crippen molar-refractivity contribution in [2.45, 2.75) is 24.3 Å². The Morgan fingerprint density at radius 3 is 2.56 bits per heavy atom. The van der Waals surface area contributed by atoms with Gasteiger partial charge in [0.1, 0.15) is 11.6 Å². The van der Waals surface area contributed by atoms with Gasteiger partial charge in [-0.25, -0.2) is 9.18 Å². The van der Waals surface area contributed by atoms with Gasteiger partial charge in [0.05, 0.1) is 30.8 Å². The molecule has 1 saturated heterocycles. The van der Waals surface area contributed by atoms with Crippen molar-refractivity contribution in [2.75, 3.05) is 38.7 Å². The summed E-state index contributed by atoms with van der Waals surface area (Å²) in [7, 11) is 3.57. The molecule has 0 radical (unpaired) electrons. The lowest BCUT2D eigenvalue weighted by molar-refractivity contribution is 0.0537. The van der Waals surface area contributed by atoms with Crippen LogP contribution in [-0.4, -0.2) is 69.7 Å². The molecule has 9 nitrogen and oxygen atoms in total. The maximum atomic E-state index is 13.8. The first-order valence-corrected chi connectivity index (χ1v) is 13.7. The molecule has 2 N–H and O–H groups in total. The van der Waals surface area contributed by atoms with Gasteiger partial charge in [0, 0.05) is 67.3 Å². The Hall–Kier alpha value is -4.44. The van der Waals surface area contributed by atoms with E-state index in [1.54, 1.807) is 36.5 Å². The Balaban J connectivity index is 1.41. The highest BCUT2D eigenvalue weighted by Gasteiger charge is 2.50. The van der Waals surface area contributed by atoms with Crippen LogP contribution in [0.25, 0.3) is 10.9 Å². The van der Waals surface area contributed by atoms with Crippen LogP contribution in [0, 0.1) is 5.82 Å². The maximum absolute atomic E-state index is 13.8. The lowest BCUT2D eigenvalue weighted by Crippen LogP contribution is -2.56. The fourth-order valence-electron chi connectivity index (χ4n) is 6.52. The van der Waals surface area contributed by atoms with Crippen LogP contribution in [-0.2, 0) is 12.5 Å². The van der Waals surface area contributed by atoms with Gasteiger partial charge in [0.25, 0.3) is 5.91 Å². The van der Waals surface area contributed by atoms with E-state index in [9.17, 15) is 19.1 Å². The molecule has 41 heavy (non-hydrogen) atoms. The summed E-state index contributed by atoms with van der Waals surface area (Å²) >= 11 is 0. The van der Waals surface area contributed by atoms with Gasteiger partial charge < -0.3 is 29.5 Å². The second-order valence-electron chi connectivity index (χ2n) is 10.8. The Bertz CT molecular complexity index is 1600. The van der Waals surface area contributed by atoms with Gasteiger partial charge in [-0.3, -0.25) is 9.78 Å². The van der Waals surface area contributed by atoms with Crippen molar-refractivity contribution in [2.24, 2.45) is 7.05 Å². The van der Waals surface area contributed by atoms with Crippen molar-refractivity contribution in [3.8, 4) is 5.75 Å². The minimum atomic E-state index is -0.602. The number of nitrogens with one attached hydrogen (secondary N) is 1. The number of benzene rings is 2. The van der Waals surface area contributed by atoms with E-state index in [1.165, 1.54) is 24.3 Å². The minimum Gasteiger partial charge on any atom is -0.497 e. The van der Waals surface area contributed by atoms with Gasteiger partial charge in [0.15, 0.2) is 0 Å². The van der Waals surface area contributed by atoms with Crippen molar-refractivity contribution >= 4 is 28.5 Å². The predicted octanol–water partition coefficient (Wildman–Crippen LogP) is 4.48. The number of ether oxygens (including phenoxy) is 1. The fourth-order valence-corrected chi connectivity index (χ4v) is 6.52. The molecule has 2 aliphatic heterocycles. The highest BCUT2D eigenvalue weighted by Crippen LogP contribution is 2.50. The molecule has 2 aliphatic rings. The van der Waals surface area contributed by atoms with Crippen molar-refractivity contribution in [1.82, 2.24) is 19.4 Å². The van der Waals surface area contributed by atoms with Gasteiger partial charge >= 0.3 is 6.03 Å². The molecular formula is C31H32FN5O4. The summed E-state index contributed by atoms with van der Waals surface area (Å²) in [6.07, 6.45) is 4.49. The molecule has 1 spiro atoms. The van der Waals surface area contributed by atoms with Crippen LogP contribution < -0.4 is 10.1 Å². The number of nitrogens with zero attached hydrogens (tertiary/aromatic N) is 4. The monoisotopic (exact) mass is 557 g/mol. The largest absolute Gasteiger partial charge is 0.497 e. The first-order chi connectivity index (χ1) is 19.8. The molecule has 1 fully saturated rings. The lowest BCUT2D eigenvalue weighted by Gasteiger charge is -2.50. The third-order valence-electron chi connectivity index (χ3n) is 8.59. The number of rotatable bonds is 4. The number of anilines is 1. The van der Waals surface area contributed by atoms with Gasteiger partial charge in [-0.15, -0.1) is 0 Å². The average Bonchev–Trinajstić information content (AvgIpc) is 3.31. The van der Waals surface area contributed by atoms with Gasteiger partial charge in [-0.2, -0.15) is 0 Å². The van der Waals surface area contributed by atoms with E-state index in [2.05, 4.69) is 10.3 Å². The summed E-state index contributed by atoms with van der Waals surface area (Å²) in [6.45, 7) is 1.11. The van der Waals surface area contributed by atoms with Crippen LogP contribution in [0.4, 0.5) is 14.9 Å². The topological polar surface area (TPSA) is 99.9 Å². The number of aromatic nitrogens is 2. The van der Waals surface area contributed by atoms with E-state index in [-0.39, 0.29) is 18.5 Å². The molecular weight excluding hydrogens is 525 g/mol. The Kier molecular flexibility index (Phi) is 6.86. The number of hydrogen-bond donors (Lipinski definition) is 2. The van der Waals surface area contributed by atoms with Gasteiger partial charge in [0.2, 0.25) is 0 Å². The number of methoxy groups -OCH3 is 1. The van der Waals surface area contributed by atoms with Crippen LogP contribution >= 0.6 is 0 Å². The average molecular weight is 558 g/mol. The summed E-state index contributed by atoms with van der Waals surface area (Å²) in [5.41, 5.74) is 3.47. The first-order valence-electron chi connectivity index (χ1n) is 13.7. The van der Waals surface area contributed by atoms with E-state index in [0.717, 1.165) is 22.2 Å². The minimum absolute atomic E-state index is 0.0641. The highest BCUT2D eigenvalue weighted by molar-refractivity contribution is 5.94. The number of aryl methyl sites for hydroxylation is 1. The van der Waals surface area contributed by atoms with Crippen LogP contribution in [0.3, 0.4) is 0 Å². The zero-order valence-electron chi connectivity index (χ0n) is 23.0. The number of carbonyl (C=O) groups is 2. The number of likely N-dealkylation sites (tertiary alicyclic amines) is 1. The van der Waals surface area contributed by atoms with Gasteiger partial charge in [-0.05, 0) is 66.9 Å². The smallest absolute Gasteiger partial charge is 0.322 e. The molecule has 0 unspecified atom stereocenters. The number of aliphatic hydroxyl groups excluding tert-OH is 1. The number of amides is 3. The number of hydrogen-bond acceptors (Lipinski definition) is 5. The number of piperidine rings is 1. The van der Waals surface area contributed by atoms with E-state index in [1.807, 2.05) is 34.7 Å². The fraction of sp³-hybridized carbons (Fsp3) is 0.323. The maximum Gasteiger partial charge on any atom is 0.322 e. The Morgan fingerprint density at radius 2 is 1.90 bits per heavy atom. The van der Waals surface area contributed by atoms with Crippen LogP contribution in [0.2, 0.25) is 0 Å². The molecule has 0 aliphatic carbocycles. The number of fused-ring (bicyclic) bond motifs is 4. The van der Waals surface area contributed by atoms with E-state index in [0.29, 0.717) is 49.5 Å². The number of carbonyl (C=O) groups excluding carboxylic acids is 2. The molecule has 0 saturated carbocycles. The normalized spacial score (nSPS) is 17.9. The predicted molar refractivity (Wildman–Crippen MR) is 152 cm³/mol. The number of pyridine rings is 1. The summed E-state index contributed by atoms with van der Waals surface area (Å²) in [4.78, 5) is 34.6. The molecule has 4 aromatic rings. The van der Waals surface area contributed by atoms with Crippen LogP contribution in [0.5, 0.6) is 5.75 Å². The first kappa shape index (κ1) is 26.8. The SMILES string of the molecule is COc1ccc2c3c(n(C)c2c1)[C@@H](CO)N(C(=O)Nc1ccc(F)cc1)CC31CCN(C(=O)c2cccnc2)CC1. The summed E-state index contributed by atoms with van der Waals surface area (Å²) < 4.78 is 21.0. The number of urea groups is 1. The standard InChI is InChI=1S/C31H32FN5O4/c1-35-25-16-23(41-2)9-10-24(25)27-28(35)26(18-38)37(30(40)34-22-7-5-21(32)6-8-22)19-31(27)11-14-36(15-12-31)29(39)20-4-3-13-33-17-20/h3-10,13,16-17,26,38H,11-12,14-15,18-19H2,1-2H3,(H,34,40)/t26-/m1/s1. The second-order valence-corrected chi connectivity index (χ2v) is 10.8. The second kappa shape index (κ2) is 10.5. The van der Waals surface area contributed by atoms with Crippen molar-refractivity contribution in [3.05, 3.63) is 89.6 Å². The third kappa shape index (κ3) is 4.58. The molecule has 3 amide bonds. The zero-order valence-corrected chi connectivity index (χ0v) is 23.0. The summed E-state index contributed by atoms with van der Waals surface area (Å²) in [5.74, 6) is 0.259. The molecule has 0 bridgehead atoms. The summed E-state index contributed by atoms with van der Waals surface area (Å²) in [5, 5.41) is 14.6. The van der Waals surface area contributed by atoms with Crippen LogP contribution in [0.1, 0.15) is 40.5 Å². The third-order valence-corrected chi connectivity index (χ3v) is 8.59. The highest BCUT2D eigenvalue weighted by atomic mass is 19.1. The Morgan fingerprint density at radius 1 is 1.15 bits per heavy atom. The van der Waals surface area contributed by atoms with E-state index < -0.39 is 17.3 Å². The molecule has 1 atom stereocenters. The molecule has 2 aromatic carbocycles. The zero-order chi connectivity index (χ0) is 28.7. The molecule has 212 valence electrons.